The standard InChI is InChI=1S/C30H40N2.2C29H59.Ni/c1-8-9-10-11-12-13-14-26-19-29(27-15-20(2)24(6)21(3)16-27)32(31)30(26)28-17-22(4)25(7)23(5)18-28;2*1-3-5-7-9-11-13-15-17-19-21-23-25-27-29-28-26-24-22-20-18-16-14-12-10-8-6-4-2;/h15-19H,8-14H2,1-7H3;2*1,3-29H2,2H3;/q;2*-1;+2. The molecular weight excluding hydrogens is 1140 g/mol. The summed E-state index contributed by atoms with van der Waals surface area (Å²) in [4.78, 5) is 0. The number of hydrogen-bond acceptors (Lipinski definition) is 0. The van der Waals surface area contributed by atoms with Crippen LogP contribution in [-0.4, -0.2) is 4.70 Å². The second kappa shape index (κ2) is 66.6. The number of aryl methyl sites for hydroxylation is 4. The average molecular weight is 1300 g/mol. The molecule has 2 aromatic rings. The van der Waals surface area contributed by atoms with Gasteiger partial charge < -0.3 is 19.4 Å². The summed E-state index contributed by atoms with van der Waals surface area (Å²) in [6, 6.07) is 8.86. The van der Waals surface area contributed by atoms with Gasteiger partial charge in [-0.1, -0.05) is 387 Å². The summed E-state index contributed by atoms with van der Waals surface area (Å²) >= 11 is 0. The minimum Gasteiger partial charge on any atom is -0.493 e. The van der Waals surface area contributed by atoms with Gasteiger partial charge in [-0.2, -0.15) is 12.8 Å². The zero-order valence-corrected chi connectivity index (χ0v) is 64.1. The molecule has 3 rings (SSSR count). The molecule has 0 fully saturated rings. The van der Waals surface area contributed by atoms with Crippen molar-refractivity contribution in [2.45, 2.75) is 454 Å². The molecule has 0 N–H and O–H groups in total. The fourth-order valence-electron chi connectivity index (χ4n) is 13.7. The Morgan fingerprint density at radius 1 is 0.275 bits per heavy atom. The minimum atomic E-state index is 0. The van der Waals surface area contributed by atoms with Crippen molar-refractivity contribution in [3.63, 3.8) is 0 Å². The van der Waals surface area contributed by atoms with E-state index in [1.165, 1.54) is 410 Å². The maximum atomic E-state index is 11.4. The first-order valence-corrected chi connectivity index (χ1v) is 40.8. The van der Waals surface area contributed by atoms with E-state index in [0.29, 0.717) is 0 Å². The van der Waals surface area contributed by atoms with Crippen molar-refractivity contribution < 1.29 is 21.2 Å². The Labute approximate surface area is 582 Å². The van der Waals surface area contributed by atoms with Crippen LogP contribution in [0.2, 0.25) is 0 Å². The predicted molar refractivity (Wildman–Crippen MR) is 409 cm³/mol. The van der Waals surface area contributed by atoms with Crippen LogP contribution in [-0.2, 0) is 16.5 Å². The molecule has 1 aliphatic rings. The Morgan fingerprint density at radius 3 is 0.670 bits per heavy atom. The monoisotopic (exact) mass is 1300 g/mol. The van der Waals surface area contributed by atoms with E-state index >= 15 is 0 Å². The molecule has 0 atom stereocenters. The molecule has 0 spiro atoms. The Kier molecular flexibility index (Phi) is 65.2. The number of nitrogens with zero attached hydrogens (tertiary/aromatic N) is 2. The van der Waals surface area contributed by atoms with Crippen molar-refractivity contribution in [2.75, 3.05) is 0 Å². The summed E-state index contributed by atoms with van der Waals surface area (Å²) in [5, 5.41) is 0. The van der Waals surface area contributed by atoms with Crippen LogP contribution in [0.5, 0.6) is 0 Å². The topological polar surface area (TPSA) is 25.3 Å². The van der Waals surface area contributed by atoms with Crippen LogP contribution in [0.15, 0.2) is 35.9 Å². The van der Waals surface area contributed by atoms with Crippen LogP contribution < -0.4 is 0 Å². The summed E-state index contributed by atoms with van der Waals surface area (Å²) in [6.07, 6.45) is 89.4. The number of allylic oxidation sites excluding steroid dienone is 2. The van der Waals surface area contributed by atoms with Gasteiger partial charge in [0.05, 0.1) is 0 Å². The van der Waals surface area contributed by atoms with E-state index in [-0.39, 0.29) is 16.5 Å². The maximum Gasteiger partial charge on any atom is 2.00 e. The van der Waals surface area contributed by atoms with Gasteiger partial charge >= 0.3 is 16.5 Å². The maximum absolute atomic E-state index is 11.4. The van der Waals surface area contributed by atoms with Gasteiger partial charge in [0, 0.05) is 22.8 Å². The molecule has 0 aliphatic carbocycles. The van der Waals surface area contributed by atoms with Crippen LogP contribution in [0, 0.1) is 55.4 Å². The third-order valence-electron chi connectivity index (χ3n) is 20.5. The van der Waals surface area contributed by atoms with Crippen LogP contribution in [0.25, 0.3) is 16.9 Å². The van der Waals surface area contributed by atoms with Crippen LogP contribution in [0.4, 0.5) is 0 Å². The molecule has 2 nitrogen and oxygen atoms in total. The number of benzene rings is 2. The Hall–Kier alpha value is -1.99. The average Bonchev–Trinajstić information content (AvgIpc) is 1.79. The molecule has 0 saturated heterocycles. The van der Waals surface area contributed by atoms with E-state index in [1.54, 1.807) is 0 Å². The van der Waals surface area contributed by atoms with Gasteiger partial charge in [0.2, 0.25) is 11.4 Å². The first kappa shape index (κ1) is 89.0. The summed E-state index contributed by atoms with van der Waals surface area (Å²) in [5.41, 5.74) is 24.4. The molecule has 1 heterocycles. The Morgan fingerprint density at radius 2 is 0.462 bits per heavy atom. The van der Waals surface area contributed by atoms with Crippen LogP contribution >= 0.6 is 0 Å². The molecule has 0 amide bonds. The Balaban J connectivity index is 0.00000133. The third-order valence-corrected chi connectivity index (χ3v) is 20.5. The molecule has 91 heavy (non-hydrogen) atoms. The normalized spacial score (nSPS) is 12.1. The number of rotatable bonds is 61. The van der Waals surface area contributed by atoms with Gasteiger partial charge in [-0.25, -0.2) is 4.70 Å². The molecule has 3 heteroatoms. The van der Waals surface area contributed by atoms with E-state index < -0.39 is 0 Å². The van der Waals surface area contributed by atoms with Crippen molar-refractivity contribution in [1.82, 2.24) is 0 Å². The number of hydrogen-bond donors (Lipinski definition) is 0. The fourth-order valence-corrected chi connectivity index (χ4v) is 13.7. The zero-order chi connectivity index (χ0) is 65.6. The fraction of sp³-hybridized carbons (Fsp3) is 0.795. The second-order valence-corrected chi connectivity index (χ2v) is 29.1. The van der Waals surface area contributed by atoms with Gasteiger partial charge in [0.1, 0.15) is 0 Å². The SMILES string of the molecule is CCCCCCCCC1=C(c2cc(C)c(C)c(C)c2)[N+](=[N-])C(c2cc(C)c(C)c(C)c2)=C1.[CH2-]CCCCCCCCCCCCCCCCCCCCCCCCCCCC.[CH2-]CCCCCCCCCCCCCCCCCCCCCCCCCCCC.[Ni+2]. The smallest absolute Gasteiger partial charge is 0.493 e. The summed E-state index contributed by atoms with van der Waals surface area (Å²) < 4.78 is 1.44. The quantitative estimate of drug-likeness (QED) is 0.0273. The van der Waals surface area contributed by atoms with Crippen LogP contribution in [0.1, 0.15) is 457 Å². The van der Waals surface area contributed by atoms with Crippen LogP contribution in [0.3, 0.4) is 0 Å². The second-order valence-electron chi connectivity index (χ2n) is 29.1. The molecule has 2 aromatic carbocycles. The van der Waals surface area contributed by atoms with Crippen molar-refractivity contribution in [3.05, 3.63) is 99.8 Å². The van der Waals surface area contributed by atoms with Gasteiger partial charge in [-0.15, -0.1) is 0 Å². The third kappa shape index (κ3) is 50.1. The molecule has 1 aliphatic heterocycles. The molecule has 0 radical (unpaired) electrons. The molecular formula is C88H158N2Ni. The van der Waals surface area contributed by atoms with Gasteiger partial charge in [-0.3, -0.25) is 0 Å². The van der Waals surface area contributed by atoms with Crippen molar-refractivity contribution in [1.29, 1.82) is 0 Å². The van der Waals surface area contributed by atoms with Gasteiger partial charge in [0.25, 0.3) is 0 Å². The summed E-state index contributed by atoms with van der Waals surface area (Å²) in [6.45, 7) is 27.7. The minimum absolute atomic E-state index is 0. The predicted octanol–water partition coefficient (Wildman–Crippen LogP) is 31.8. The van der Waals surface area contributed by atoms with E-state index in [9.17, 15) is 5.53 Å². The molecule has 0 aromatic heterocycles. The van der Waals surface area contributed by atoms with E-state index in [1.807, 2.05) is 0 Å². The van der Waals surface area contributed by atoms with Crippen molar-refractivity contribution >= 4 is 11.4 Å². The number of unbranched alkanes of at least 4 members (excludes halogenated alkanes) is 57. The summed E-state index contributed by atoms with van der Waals surface area (Å²) in [5.74, 6) is 0. The summed E-state index contributed by atoms with van der Waals surface area (Å²) in [7, 11) is 0. The van der Waals surface area contributed by atoms with E-state index in [0.717, 1.165) is 48.2 Å². The largest absolute Gasteiger partial charge is 2.00 e. The van der Waals surface area contributed by atoms with Gasteiger partial charge in [-0.05, 0) is 112 Å². The van der Waals surface area contributed by atoms with Gasteiger partial charge in [0.15, 0.2) is 0 Å². The molecule has 0 bridgehead atoms. The molecule has 0 unspecified atom stereocenters. The van der Waals surface area contributed by atoms with Crippen molar-refractivity contribution in [3.8, 4) is 0 Å². The van der Waals surface area contributed by atoms with E-state index in [2.05, 4.69) is 107 Å². The van der Waals surface area contributed by atoms with Crippen molar-refractivity contribution in [2.24, 2.45) is 0 Å². The first-order chi connectivity index (χ1) is 44.1. The first-order valence-electron chi connectivity index (χ1n) is 40.8. The Bertz CT molecular complexity index is 1830. The molecule has 530 valence electrons. The molecule has 0 saturated carbocycles. The zero-order valence-electron chi connectivity index (χ0n) is 63.1. The van der Waals surface area contributed by atoms with E-state index in [4.69, 9.17) is 0 Å².